The molecule has 0 bridgehead atoms. The number of primary amides is 1. The molecule has 0 saturated carbocycles. The zero-order valence-electron chi connectivity index (χ0n) is 11.8. The lowest BCUT2D eigenvalue weighted by Crippen LogP contribution is -2.64. The maximum absolute atomic E-state index is 11.7. The van der Waals surface area contributed by atoms with Crippen molar-refractivity contribution in [3.8, 4) is 5.75 Å². The Bertz CT molecular complexity index is 499. The van der Waals surface area contributed by atoms with Gasteiger partial charge in [-0.3, -0.25) is 10.5 Å². The normalized spacial score (nSPS) is 25.8. The summed E-state index contributed by atoms with van der Waals surface area (Å²) >= 11 is 0. The Kier molecular flexibility index (Phi) is 3.54. The van der Waals surface area contributed by atoms with E-state index in [2.05, 4.69) is 13.8 Å². The van der Waals surface area contributed by atoms with E-state index in [0.29, 0.717) is 11.7 Å². The molecule has 0 aromatic heterocycles. The predicted octanol–water partition coefficient (Wildman–Crippen LogP) is 1.73. The third kappa shape index (κ3) is 2.45. The third-order valence-electron chi connectivity index (χ3n) is 3.84. The first-order valence-corrected chi connectivity index (χ1v) is 6.71. The number of carbonyl (C=O) groups is 1. The van der Waals surface area contributed by atoms with Crippen molar-refractivity contribution in [1.82, 2.24) is 0 Å². The highest BCUT2D eigenvalue weighted by Crippen LogP contribution is 2.38. The lowest BCUT2D eigenvalue weighted by Gasteiger charge is -2.40. The highest BCUT2D eigenvalue weighted by atomic mass is 16.5. The topological polar surface area (TPSA) is 78.3 Å². The van der Waals surface area contributed by atoms with Gasteiger partial charge in [0.2, 0.25) is 5.72 Å². The number of ether oxygens (including phenoxy) is 1. The molecular formula is C15H22N2O2. The minimum absolute atomic E-state index is 0.0846. The van der Waals surface area contributed by atoms with Gasteiger partial charge in [0.25, 0.3) is 5.91 Å². The van der Waals surface area contributed by atoms with E-state index in [1.165, 1.54) is 0 Å². The van der Waals surface area contributed by atoms with Gasteiger partial charge in [0.1, 0.15) is 5.75 Å². The van der Waals surface area contributed by atoms with Crippen molar-refractivity contribution in [3.05, 3.63) is 29.3 Å². The molecule has 0 fully saturated rings. The van der Waals surface area contributed by atoms with Crippen LogP contribution in [0.2, 0.25) is 0 Å². The first-order valence-electron chi connectivity index (χ1n) is 6.71. The number of hydrogen-bond acceptors (Lipinski definition) is 3. The van der Waals surface area contributed by atoms with Gasteiger partial charge in [-0.2, -0.15) is 0 Å². The van der Waals surface area contributed by atoms with Crippen LogP contribution in [0.1, 0.15) is 31.4 Å². The number of aryl methyl sites for hydroxylation is 1. The second-order valence-corrected chi connectivity index (χ2v) is 5.84. The van der Waals surface area contributed by atoms with Crippen molar-refractivity contribution >= 4 is 5.91 Å². The molecule has 1 aliphatic heterocycles. The van der Waals surface area contributed by atoms with E-state index >= 15 is 0 Å². The van der Waals surface area contributed by atoms with Gasteiger partial charge >= 0.3 is 0 Å². The molecule has 2 rings (SSSR count). The fraction of sp³-hybridized carbons (Fsp3) is 0.533. The number of fused-ring (bicyclic) bond motifs is 1. The summed E-state index contributed by atoms with van der Waals surface area (Å²) in [5, 5.41) is 0. The average Bonchev–Trinajstić information content (AvgIpc) is 2.30. The molecule has 19 heavy (non-hydrogen) atoms. The van der Waals surface area contributed by atoms with Crippen LogP contribution >= 0.6 is 0 Å². The zero-order valence-corrected chi connectivity index (χ0v) is 11.8. The Hall–Kier alpha value is -1.55. The van der Waals surface area contributed by atoms with Crippen molar-refractivity contribution in [2.75, 3.05) is 0 Å². The van der Waals surface area contributed by atoms with Gasteiger partial charge in [-0.05, 0) is 42.9 Å². The quantitative estimate of drug-likeness (QED) is 0.870. The van der Waals surface area contributed by atoms with Gasteiger partial charge in [-0.1, -0.05) is 26.0 Å². The number of hydrogen-bond donors (Lipinski definition) is 2. The molecule has 0 spiro atoms. The van der Waals surface area contributed by atoms with Crippen molar-refractivity contribution in [2.45, 2.75) is 39.3 Å². The molecule has 2 atom stereocenters. The van der Waals surface area contributed by atoms with Crippen LogP contribution in [0.3, 0.4) is 0 Å². The van der Waals surface area contributed by atoms with E-state index in [1.54, 1.807) is 0 Å². The van der Waals surface area contributed by atoms with Crippen LogP contribution in [-0.2, 0) is 11.2 Å². The first kappa shape index (κ1) is 13.9. The van der Waals surface area contributed by atoms with Gasteiger partial charge < -0.3 is 10.5 Å². The predicted molar refractivity (Wildman–Crippen MR) is 74.6 cm³/mol. The molecule has 4 N–H and O–H groups in total. The van der Waals surface area contributed by atoms with E-state index in [9.17, 15) is 4.79 Å². The van der Waals surface area contributed by atoms with Crippen LogP contribution < -0.4 is 16.2 Å². The maximum atomic E-state index is 11.7. The summed E-state index contributed by atoms with van der Waals surface area (Å²) in [7, 11) is 0. The molecule has 1 heterocycles. The fourth-order valence-electron chi connectivity index (χ4n) is 2.77. The van der Waals surface area contributed by atoms with E-state index in [4.69, 9.17) is 16.2 Å². The Labute approximate surface area is 114 Å². The average molecular weight is 262 g/mol. The summed E-state index contributed by atoms with van der Waals surface area (Å²) in [5.41, 5.74) is 12.5. The van der Waals surface area contributed by atoms with Gasteiger partial charge in [0.05, 0.1) is 0 Å². The van der Waals surface area contributed by atoms with E-state index < -0.39 is 11.6 Å². The van der Waals surface area contributed by atoms with Crippen LogP contribution in [0.25, 0.3) is 0 Å². The van der Waals surface area contributed by atoms with Crippen LogP contribution in [0.5, 0.6) is 5.75 Å². The number of rotatable bonds is 3. The van der Waals surface area contributed by atoms with Gasteiger partial charge in [0.15, 0.2) is 0 Å². The van der Waals surface area contributed by atoms with Crippen molar-refractivity contribution < 1.29 is 9.53 Å². The molecule has 104 valence electrons. The maximum Gasteiger partial charge on any atom is 0.277 e. The molecule has 2 unspecified atom stereocenters. The molecule has 0 saturated heterocycles. The fourth-order valence-corrected chi connectivity index (χ4v) is 2.77. The molecule has 0 radical (unpaired) electrons. The van der Waals surface area contributed by atoms with Crippen molar-refractivity contribution in [3.63, 3.8) is 0 Å². The summed E-state index contributed by atoms with van der Waals surface area (Å²) in [6.07, 6.45) is 1.55. The monoisotopic (exact) mass is 262 g/mol. The van der Waals surface area contributed by atoms with Gasteiger partial charge in [-0.25, -0.2) is 0 Å². The Morgan fingerprint density at radius 3 is 2.79 bits per heavy atom. The molecule has 1 aliphatic rings. The SMILES string of the molecule is Cc1cccc2c1CC(CC(C)C)C(N)(C(N)=O)O2. The number of amides is 1. The number of nitrogens with two attached hydrogens (primary N) is 2. The zero-order chi connectivity index (χ0) is 14.2. The van der Waals surface area contributed by atoms with Crippen molar-refractivity contribution in [2.24, 2.45) is 23.3 Å². The van der Waals surface area contributed by atoms with Gasteiger partial charge in [0, 0.05) is 5.92 Å². The van der Waals surface area contributed by atoms with Gasteiger partial charge in [-0.15, -0.1) is 0 Å². The highest BCUT2D eigenvalue weighted by molar-refractivity contribution is 5.84. The van der Waals surface area contributed by atoms with E-state index in [1.807, 2.05) is 25.1 Å². The molecule has 4 nitrogen and oxygen atoms in total. The van der Waals surface area contributed by atoms with Crippen LogP contribution in [0, 0.1) is 18.8 Å². The smallest absolute Gasteiger partial charge is 0.277 e. The van der Waals surface area contributed by atoms with E-state index in [0.717, 1.165) is 24.0 Å². The molecule has 4 heteroatoms. The second-order valence-electron chi connectivity index (χ2n) is 5.84. The highest BCUT2D eigenvalue weighted by Gasteiger charge is 2.47. The number of carbonyl (C=O) groups excluding carboxylic acids is 1. The summed E-state index contributed by atoms with van der Waals surface area (Å²) in [6, 6.07) is 5.79. The third-order valence-corrected chi connectivity index (χ3v) is 3.84. The van der Waals surface area contributed by atoms with Crippen LogP contribution in [-0.4, -0.2) is 11.6 Å². The lowest BCUT2D eigenvalue weighted by molar-refractivity contribution is -0.140. The Morgan fingerprint density at radius 1 is 1.53 bits per heavy atom. The molecule has 1 aromatic rings. The van der Waals surface area contributed by atoms with Crippen LogP contribution in [0.4, 0.5) is 0 Å². The molecule has 1 amide bonds. The second kappa shape index (κ2) is 4.85. The van der Waals surface area contributed by atoms with Crippen LogP contribution in [0.15, 0.2) is 18.2 Å². The molecule has 1 aromatic carbocycles. The minimum Gasteiger partial charge on any atom is -0.463 e. The van der Waals surface area contributed by atoms with E-state index in [-0.39, 0.29) is 5.92 Å². The summed E-state index contributed by atoms with van der Waals surface area (Å²) in [5.74, 6) is 0.437. The summed E-state index contributed by atoms with van der Waals surface area (Å²) in [6.45, 7) is 6.26. The number of benzene rings is 1. The molecule has 0 aliphatic carbocycles. The summed E-state index contributed by atoms with van der Waals surface area (Å²) < 4.78 is 5.78. The standard InChI is InChI=1S/C15H22N2O2/c1-9(2)7-11-8-12-10(3)5-4-6-13(12)19-15(11,17)14(16)18/h4-6,9,11H,7-8,17H2,1-3H3,(H2,16,18). The Morgan fingerprint density at radius 2 is 2.21 bits per heavy atom. The minimum atomic E-state index is -1.40. The largest absolute Gasteiger partial charge is 0.463 e. The first-order chi connectivity index (χ1) is 8.84. The molecular weight excluding hydrogens is 240 g/mol. The van der Waals surface area contributed by atoms with Crippen molar-refractivity contribution in [1.29, 1.82) is 0 Å². The lowest BCUT2D eigenvalue weighted by atomic mass is 9.79. The Balaban J connectivity index is 2.43. The summed E-state index contributed by atoms with van der Waals surface area (Å²) in [4.78, 5) is 11.7.